The molecule has 0 saturated carbocycles. The molecule has 0 fully saturated rings. The number of rotatable bonds is 12. The fourth-order valence-corrected chi connectivity index (χ4v) is 3.75. The maximum Gasteiger partial charge on any atom is 0.403 e. The van der Waals surface area contributed by atoms with E-state index in [1.54, 1.807) is 13.8 Å². The van der Waals surface area contributed by atoms with Crippen molar-refractivity contribution in [3.63, 3.8) is 0 Å². The lowest BCUT2D eigenvalue weighted by Crippen LogP contribution is -2.22. The van der Waals surface area contributed by atoms with Gasteiger partial charge in [0.05, 0.1) is 13.2 Å². The zero-order valence-corrected chi connectivity index (χ0v) is 13.1. The van der Waals surface area contributed by atoms with Crippen LogP contribution in [0.5, 0.6) is 0 Å². The molecule has 0 amide bonds. The Morgan fingerprint density at radius 3 is 2.00 bits per heavy atom. The van der Waals surface area contributed by atoms with Crippen LogP contribution in [0.2, 0.25) is 0 Å². The van der Waals surface area contributed by atoms with Crippen LogP contribution in [0.4, 0.5) is 0 Å². The molecule has 0 aromatic heterocycles. The van der Waals surface area contributed by atoms with Crippen molar-refractivity contribution in [2.75, 3.05) is 13.2 Å². The van der Waals surface area contributed by atoms with E-state index in [0.717, 1.165) is 25.7 Å². The van der Waals surface area contributed by atoms with Gasteiger partial charge in [0.2, 0.25) is 0 Å². The van der Waals surface area contributed by atoms with Crippen LogP contribution in [0.1, 0.15) is 59.3 Å². The zero-order valence-electron chi connectivity index (χ0n) is 12.2. The van der Waals surface area contributed by atoms with Crippen molar-refractivity contribution >= 4 is 7.60 Å². The first-order valence-electron chi connectivity index (χ1n) is 7.04. The molecule has 19 heavy (non-hydrogen) atoms. The Balaban J connectivity index is 4.50. The lowest BCUT2D eigenvalue weighted by atomic mass is 10.1. The van der Waals surface area contributed by atoms with Gasteiger partial charge in [0, 0.05) is 11.3 Å². The molecule has 0 rings (SSSR count). The summed E-state index contributed by atoms with van der Waals surface area (Å²) in [7, 11) is -3.64. The van der Waals surface area contributed by atoms with Gasteiger partial charge in [-0.1, -0.05) is 32.6 Å². The Kier molecular flexibility index (Phi) is 10.1. The lowest BCUT2D eigenvalue weighted by molar-refractivity contribution is -0.502. The molecule has 0 aromatic carbocycles. The smallest absolute Gasteiger partial charge is 0.304 e. The van der Waals surface area contributed by atoms with Gasteiger partial charge in [-0.15, -0.1) is 0 Å². The van der Waals surface area contributed by atoms with Crippen LogP contribution in [0.3, 0.4) is 0 Å². The molecule has 6 nitrogen and oxygen atoms in total. The minimum Gasteiger partial charge on any atom is -0.304 e. The van der Waals surface area contributed by atoms with Crippen LogP contribution in [0, 0.1) is 10.1 Å². The average Bonchev–Trinajstić information content (AvgIpc) is 2.33. The first-order chi connectivity index (χ1) is 9.01. The Labute approximate surface area is 115 Å². The molecule has 0 aliphatic heterocycles. The average molecular weight is 295 g/mol. The third kappa shape index (κ3) is 7.04. The number of nitrogens with zero attached hydrogens (tertiary/aromatic N) is 1. The van der Waals surface area contributed by atoms with Gasteiger partial charge in [0.15, 0.2) is 0 Å². The summed E-state index contributed by atoms with van der Waals surface area (Å²) in [5.74, 6) is -1.24. The molecule has 0 bridgehead atoms. The highest BCUT2D eigenvalue weighted by Crippen LogP contribution is 2.54. The molecular weight excluding hydrogens is 269 g/mol. The van der Waals surface area contributed by atoms with E-state index in [1.807, 2.05) is 0 Å². The Morgan fingerprint density at radius 1 is 1.05 bits per heavy atom. The fraction of sp³-hybridized carbons (Fsp3) is 1.00. The Hall–Kier alpha value is -0.450. The summed E-state index contributed by atoms with van der Waals surface area (Å²) in [4.78, 5) is 10.6. The second kappa shape index (κ2) is 10.4. The van der Waals surface area contributed by atoms with Crippen molar-refractivity contribution in [1.29, 1.82) is 0 Å². The Morgan fingerprint density at radius 2 is 1.58 bits per heavy atom. The predicted octanol–water partition coefficient (Wildman–Crippen LogP) is 4.22. The third-order valence-electron chi connectivity index (χ3n) is 2.79. The van der Waals surface area contributed by atoms with Gasteiger partial charge in [0.1, 0.15) is 0 Å². The van der Waals surface area contributed by atoms with E-state index in [9.17, 15) is 14.7 Å². The van der Waals surface area contributed by atoms with Gasteiger partial charge >= 0.3 is 13.4 Å². The monoisotopic (exact) mass is 295 g/mol. The third-order valence-corrected chi connectivity index (χ3v) is 5.21. The molecular formula is C12H26NO5P. The van der Waals surface area contributed by atoms with Crippen LogP contribution >= 0.6 is 7.60 Å². The summed E-state index contributed by atoms with van der Waals surface area (Å²) >= 11 is 0. The summed E-state index contributed by atoms with van der Waals surface area (Å²) in [6, 6.07) is 0. The minimum atomic E-state index is -3.64. The van der Waals surface area contributed by atoms with Crippen LogP contribution in [0.25, 0.3) is 0 Å². The van der Waals surface area contributed by atoms with Gasteiger partial charge in [-0.05, 0) is 20.3 Å². The zero-order chi connectivity index (χ0) is 14.7. The summed E-state index contributed by atoms with van der Waals surface area (Å²) in [5.41, 5.74) is 0. The summed E-state index contributed by atoms with van der Waals surface area (Å²) in [5, 5.41) is 11.1. The molecule has 0 heterocycles. The van der Waals surface area contributed by atoms with Crippen molar-refractivity contribution < 1.29 is 18.5 Å². The topological polar surface area (TPSA) is 78.7 Å². The van der Waals surface area contributed by atoms with E-state index in [4.69, 9.17) is 9.05 Å². The van der Waals surface area contributed by atoms with E-state index < -0.39 is 18.3 Å². The molecule has 1 atom stereocenters. The molecule has 0 aromatic rings. The SMILES string of the molecule is CCCCCCC[C@H]([N+](=O)[O-])P(=O)(OCC)OCC. The summed E-state index contributed by atoms with van der Waals surface area (Å²) in [6.07, 6.45) is 5.13. The summed E-state index contributed by atoms with van der Waals surface area (Å²) < 4.78 is 22.5. The van der Waals surface area contributed by atoms with E-state index >= 15 is 0 Å². The van der Waals surface area contributed by atoms with Gasteiger partial charge < -0.3 is 9.05 Å². The van der Waals surface area contributed by atoms with E-state index in [-0.39, 0.29) is 19.6 Å². The molecule has 0 N–H and O–H groups in total. The van der Waals surface area contributed by atoms with Crippen molar-refractivity contribution in [2.24, 2.45) is 0 Å². The molecule has 7 heteroatoms. The van der Waals surface area contributed by atoms with Gasteiger partial charge in [-0.2, -0.15) is 0 Å². The lowest BCUT2D eigenvalue weighted by Gasteiger charge is -2.20. The first kappa shape index (κ1) is 18.6. The highest BCUT2D eigenvalue weighted by Gasteiger charge is 2.44. The highest BCUT2D eigenvalue weighted by molar-refractivity contribution is 7.54. The number of unbranched alkanes of at least 4 members (excludes halogenated alkanes) is 4. The summed E-state index contributed by atoms with van der Waals surface area (Å²) in [6.45, 7) is 5.72. The predicted molar refractivity (Wildman–Crippen MR) is 75.0 cm³/mol. The second-order valence-corrected chi connectivity index (χ2v) is 6.54. The molecule has 114 valence electrons. The molecule has 0 spiro atoms. The molecule has 0 aliphatic rings. The largest absolute Gasteiger partial charge is 0.403 e. The van der Waals surface area contributed by atoms with E-state index in [0.29, 0.717) is 6.42 Å². The van der Waals surface area contributed by atoms with Crippen LogP contribution < -0.4 is 0 Å². The second-order valence-electron chi connectivity index (χ2n) is 4.34. The minimum absolute atomic E-state index is 0.150. The van der Waals surface area contributed by atoms with Crippen LogP contribution in [-0.2, 0) is 13.6 Å². The number of hydrogen-bond donors (Lipinski definition) is 0. The van der Waals surface area contributed by atoms with Crippen molar-refractivity contribution in [2.45, 2.75) is 65.1 Å². The van der Waals surface area contributed by atoms with Crippen LogP contribution in [0.15, 0.2) is 0 Å². The van der Waals surface area contributed by atoms with E-state index in [1.165, 1.54) is 0 Å². The number of hydrogen-bond acceptors (Lipinski definition) is 5. The maximum atomic E-state index is 12.4. The highest BCUT2D eigenvalue weighted by atomic mass is 31.2. The Bertz CT molecular complexity index is 288. The van der Waals surface area contributed by atoms with Gasteiger partial charge in [0.25, 0.3) is 0 Å². The maximum absolute atomic E-state index is 12.4. The van der Waals surface area contributed by atoms with Crippen molar-refractivity contribution in [3.05, 3.63) is 10.1 Å². The molecule has 0 unspecified atom stereocenters. The standard InChI is InChI=1S/C12H26NO5P/c1-4-7-8-9-10-11-12(13(14)15)19(16,17-5-2)18-6-3/h12H,4-11H2,1-3H3/t12-/m1/s1. The van der Waals surface area contributed by atoms with E-state index in [2.05, 4.69) is 6.92 Å². The van der Waals surface area contributed by atoms with Gasteiger partial charge in [-0.25, -0.2) is 0 Å². The fourth-order valence-electron chi connectivity index (χ4n) is 1.88. The van der Waals surface area contributed by atoms with Gasteiger partial charge in [-0.3, -0.25) is 14.7 Å². The van der Waals surface area contributed by atoms with Crippen LogP contribution in [-0.4, -0.2) is 23.9 Å². The molecule has 0 aliphatic carbocycles. The van der Waals surface area contributed by atoms with Crippen molar-refractivity contribution in [3.8, 4) is 0 Å². The van der Waals surface area contributed by atoms with Crippen molar-refractivity contribution in [1.82, 2.24) is 0 Å². The number of nitro groups is 1. The molecule has 0 saturated heterocycles. The quantitative estimate of drug-likeness (QED) is 0.233. The normalized spacial score (nSPS) is 13.4. The molecule has 0 radical (unpaired) electrons. The first-order valence-corrected chi connectivity index (χ1v) is 8.65.